The topological polar surface area (TPSA) is 38.3 Å². The maximum absolute atomic E-state index is 12.3. The molecule has 0 aliphatic heterocycles. The van der Waals surface area contributed by atoms with E-state index in [1.54, 1.807) is 0 Å². The molecule has 0 heterocycles. The van der Waals surface area contributed by atoms with E-state index in [0.717, 1.165) is 17.0 Å². The molecule has 0 aliphatic carbocycles. The molecular formula is C18H21NO2. The first kappa shape index (κ1) is 15.1. The van der Waals surface area contributed by atoms with Gasteiger partial charge in [-0.15, -0.1) is 0 Å². The molecule has 0 bridgehead atoms. The van der Waals surface area contributed by atoms with Crippen molar-refractivity contribution < 1.29 is 9.53 Å². The zero-order valence-corrected chi connectivity index (χ0v) is 12.7. The van der Waals surface area contributed by atoms with Crippen LogP contribution in [0.25, 0.3) is 0 Å². The standard InChI is InChI=1S/C18H21NO2/c1-4-16(18(20)19-15-8-6-5-7-9-15)21-17-11-10-13(2)12-14(17)3/h5-12,16H,4H2,1-3H3,(H,19,20). The third kappa shape index (κ3) is 4.09. The van der Waals surface area contributed by atoms with Gasteiger partial charge in [0.05, 0.1) is 0 Å². The highest BCUT2D eigenvalue weighted by Crippen LogP contribution is 2.21. The predicted octanol–water partition coefficient (Wildman–Crippen LogP) is 4.10. The second kappa shape index (κ2) is 6.93. The van der Waals surface area contributed by atoms with Gasteiger partial charge in [-0.05, 0) is 44.0 Å². The van der Waals surface area contributed by atoms with Crippen molar-refractivity contribution in [3.05, 3.63) is 59.7 Å². The average molecular weight is 283 g/mol. The van der Waals surface area contributed by atoms with E-state index in [4.69, 9.17) is 4.74 Å². The van der Waals surface area contributed by atoms with E-state index in [0.29, 0.717) is 6.42 Å². The van der Waals surface area contributed by atoms with Gasteiger partial charge in [0.15, 0.2) is 6.10 Å². The minimum Gasteiger partial charge on any atom is -0.480 e. The number of hydrogen-bond donors (Lipinski definition) is 1. The van der Waals surface area contributed by atoms with Crippen LogP contribution in [0.3, 0.4) is 0 Å². The monoisotopic (exact) mass is 283 g/mol. The molecule has 2 aromatic carbocycles. The van der Waals surface area contributed by atoms with E-state index in [1.807, 2.05) is 63.2 Å². The Morgan fingerprint density at radius 3 is 2.48 bits per heavy atom. The molecule has 0 spiro atoms. The molecular weight excluding hydrogens is 262 g/mol. The van der Waals surface area contributed by atoms with Crippen LogP contribution in [0.15, 0.2) is 48.5 Å². The lowest BCUT2D eigenvalue weighted by atomic mass is 10.1. The summed E-state index contributed by atoms with van der Waals surface area (Å²) < 4.78 is 5.87. The molecule has 3 nitrogen and oxygen atoms in total. The first-order valence-electron chi connectivity index (χ1n) is 7.20. The van der Waals surface area contributed by atoms with Crippen LogP contribution < -0.4 is 10.1 Å². The Kier molecular flexibility index (Phi) is 4.99. The van der Waals surface area contributed by atoms with Crippen LogP contribution in [0, 0.1) is 13.8 Å². The Hall–Kier alpha value is -2.29. The fraction of sp³-hybridized carbons (Fsp3) is 0.278. The molecule has 3 heteroatoms. The highest BCUT2D eigenvalue weighted by molar-refractivity contribution is 5.94. The average Bonchev–Trinajstić information content (AvgIpc) is 2.47. The summed E-state index contributed by atoms with van der Waals surface area (Å²) in [5.41, 5.74) is 3.01. The fourth-order valence-corrected chi connectivity index (χ4v) is 2.15. The SMILES string of the molecule is CCC(Oc1ccc(C)cc1C)C(=O)Nc1ccccc1. The maximum atomic E-state index is 12.3. The molecule has 110 valence electrons. The van der Waals surface area contributed by atoms with Gasteiger partial charge >= 0.3 is 0 Å². The molecule has 1 unspecified atom stereocenters. The largest absolute Gasteiger partial charge is 0.480 e. The molecule has 1 atom stereocenters. The van der Waals surface area contributed by atoms with Crippen molar-refractivity contribution in [2.75, 3.05) is 5.32 Å². The van der Waals surface area contributed by atoms with Crippen LogP contribution in [0.2, 0.25) is 0 Å². The normalized spacial score (nSPS) is 11.8. The first-order valence-corrected chi connectivity index (χ1v) is 7.20. The third-order valence-electron chi connectivity index (χ3n) is 3.30. The summed E-state index contributed by atoms with van der Waals surface area (Å²) in [6.45, 7) is 5.97. The Morgan fingerprint density at radius 2 is 1.86 bits per heavy atom. The molecule has 1 amide bonds. The fourth-order valence-electron chi connectivity index (χ4n) is 2.15. The van der Waals surface area contributed by atoms with Crippen molar-refractivity contribution in [3.8, 4) is 5.75 Å². The van der Waals surface area contributed by atoms with E-state index in [2.05, 4.69) is 11.4 Å². The number of benzene rings is 2. The van der Waals surface area contributed by atoms with Crippen molar-refractivity contribution >= 4 is 11.6 Å². The van der Waals surface area contributed by atoms with Crippen molar-refractivity contribution in [3.63, 3.8) is 0 Å². The van der Waals surface area contributed by atoms with Gasteiger partial charge in [-0.2, -0.15) is 0 Å². The molecule has 2 rings (SSSR count). The number of nitrogens with one attached hydrogen (secondary N) is 1. The Morgan fingerprint density at radius 1 is 1.14 bits per heavy atom. The number of carbonyl (C=O) groups is 1. The summed E-state index contributed by atoms with van der Waals surface area (Å²) in [7, 11) is 0. The van der Waals surface area contributed by atoms with Gasteiger partial charge in [0.1, 0.15) is 5.75 Å². The second-order valence-corrected chi connectivity index (χ2v) is 5.14. The second-order valence-electron chi connectivity index (χ2n) is 5.14. The number of hydrogen-bond acceptors (Lipinski definition) is 2. The van der Waals surface area contributed by atoms with Gasteiger partial charge in [-0.1, -0.05) is 42.8 Å². The van der Waals surface area contributed by atoms with E-state index in [1.165, 1.54) is 5.56 Å². The quantitative estimate of drug-likeness (QED) is 0.897. The van der Waals surface area contributed by atoms with Gasteiger partial charge in [0, 0.05) is 5.69 Å². The molecule has 0 radical (unpaired) electrons. The molecule has 1 N–H and O–H groups in total. The molecule has 0 saturated heterocycles. The van der Waals surface area contributed by atoms with Crippen LogP contribution in [0.1, 0.15) is 24.5 Å². The van der Waals surface area contributed by atoms with E-state index in [9.17, 15) is 4.79 Å². The van der Waals surface area contributed by atoms with Crippen LogP contribution in [0.4, 0.5) is 5.69 Å². The molecule has 0 aliphatic rings. The van der Waals surface area contributed by atoms with E-state index < -0.39 is 6.10 Å². The third-order valence-corrected chi connectivity index (χ3v) is 3.30. The zero-order valence-electron chi connectivity index (χ0n) is 12.7. The Bertz CT molecular complexity index is 608. The maximum Gasteiger partial charge on any atom is 0.265 e. The number of carbonyl (C=O) groups excluding carboxylic acids is 1. The first-order chi connectivity index (χ1) is 10.1. The van der Waals surface area contributed by atoms with Crippen molar-refractivity contribution in [1.82, 2.24) is 0 Å². The molecule has 0 saturated carbocycles. The van der Waals surface area contributed by atoms with Crippen LogP contribution in [0.5, 0.6) is 5.75 Å². The Balaban J connectivity index is 2.07. The minimum absolute atomic E-state index is 0.122. The number of aryl methyl sites for hydroxylation is 2. The highest BCUT2D eigenvalue weighted by atomic mass is 16.5. The van der Waals surface area contributed by atoms with Crippen LogP contribution >= 0.6 is 0 Å². The summed E-state index contributed by atoms with van der Waals surface area (Å²) in [6.07, 6.45) is 0.123. The number of para-hydroxylation sites is 1. The molecule has 2 aromatic rings. The molecule has 21 heavy (non-hydrogen) atoms. The summed E-state index contributed by atoms with van der Waals surface area (Å²) in [5.74, 6) is 0.638. The minimum atomic E-state index is -0.494. The van der Waals surface area contributed by atoms with Gasteiger partial charge in [-0.3, -0.25) is 4.79 Å². The summed E-state index contributed by atoms with van der Waals surface area (Å²) in [5, 5.41) is 2.88. The Labute approximate surface area is 126 Å². The lowest BCUT2D eigenvalue weighted by Crippen LogP contribution is -2.32. The van der Waals surface area contributed by atoms with E-state index in [-0.39, 0.29) is 5.91 Å². The van der Waals surface area contributed by atoms with Crippen LogP contribution in [-0.2, 0) is 4.79 Å². The van der Waals surface area contributed by atoms with Gasteiger partial charge in [0.25, 0.3) is 5.91 Å². The summed E-state index contributed by atoms with van der Waals surface area (Å²) >= 11 is 0. The lowest BCUT2D eigenvalue weighted by molar-refractivity contribution is -0.122. The highest BCUT2D eigenvalue weighted by Gasteiger charge is 2.19. The summed E-state index contributed by atoms with van der Waals surface area (Å²) in [4.78, 5) is 12.3. The van der Waals surface area contributed by atoms with Crippen molar-refractivity contribution in [1.29, 1.82) is 0 Å². The van der Waals surface area contributed by atoms with Gasteiger partial charge in [0.2, 0.25) is 0 Å². The van der Waals surface area contributed by atoms with Gasteiger partial charge in [-0.25, -0.2) is 0 Å². The van der Waals surface area contributed by atoms with Gasteiger partial charge < -0.3 is 10.1 Å². The zero-order chi connectivity index (χ0) is 15.2. The smallest absolute Gasteiger partial charge is 0.265 e. The number of anilines is 1. The number of ether oxygens (including phenoxy) is 1. The van der Waals surface area contributed by atoms with E-state index >= 15 is 0 Å². The van der Waals surface area contributed by atoms with Crippen molar-refractivity contribution in [2.45, 2.75) is 33.3 Å². The molecule has 0 fully saturated rings. The molecule has 0 aromatic heterocycles. The van der Waals surface area contributed by atoms with Crippen LogP contribution in [-0.4, -0.2) is 12.0 Å². The number of rotatable bonds is 5. The predicted molar refractivity (Wildman–Crippen MR) is 85.7 cm³/mol. The lowest BCUT2D eigenvalue weighted by Gasteiger charge is -2.19. The van der Waals surface area contributed by atoms with Crippen molar-refractivity contribution in [2.24, 2.45) is 0 Å². The number of amides is 1. The summed E-state index contributed by atoms with van der Waals surface area (Å²) in [6, 6.07) is 15.4.